The van der Waals surface area contributed by atoms with Crippen molar-refractivity contribution in [3.63, 3.8) is 0 Å². The van der Waals surface area contributed by atoms with Crippen molar-refractivity contribution < 1.29 is 4.74 Å². The van der Waals surface area contributed by atoms with Crippen molar-refractivity contribution >= 4 is 23.2 Å². The van der Waals surface area contributed by atoms with E-state index in [4.69, 9.17) is 27.9 Å². The van der Waals surface area contributed by atoms with Crippen molar-refractivity contribution in [1.29, 1.82) is 0 Å². The number of hydrogen-bond acceptors (Lipinski definition) is 3. The lowest BCUT2D eigenvalue weighted by molar-refractivity contribution is 0.302. The van der Waals surface area contributed by atoms with Crippen LogP contribution in [0.5, 0.6) is 5.75 Å². The summed E-state index contributed by atoms with van der Waals surface area (Å²) < 4.78 is 5.96. The Kier molecular flexibility index (Phi) is 7.86. The van der Waals surface area contributed by atoms with Gasteiger partial charge in [-0.1, -0.05) is 41.4 Å². The highest BCUT2D eigenvalue weighted by Crippen LogP contribution is 2.25. The molecule has 0 aliphatic rings. The molecule has 0 radical (unpaired) electrons. The van der Waals surface area contributed by atoms with Gasteiger partial charge in [-0.2, -0.15) is 0 Å². The number of hydrogen-bond donors (Lipinski definition) is 1. The van der Waals surface area contributed by atoms with Gasteiger partial charge in [-0.25, -0.2) is 0 Å². The Morgan fingerprint density at radius 2 is 1.83 bits per heavy atom. The zero-order valence-electron chi connectivity index (χ0n) is 14.2. The summed E-state index contributed by atoms with van der Waals surface area (Å²) in [5.74, 6) is 0.833. The lowest BCUT2D eigenvalue weighted by Gasteiger charge is -2.14. The van der Waals surface area contributed by atoms with Gasteiger partial charge < -0.3 is 15.0 Å². The van der Waals surface area contributed by atoms with Crippen LogP contribution in [0.2, 0.25) is 10.0 Å². The maximum Gasteiger partial charge on any atom is 0.124 e. The largest absolute Gasteiger partial charge is 0.489 e. The summed E-state index contributed by atoms with van der Waals surface area (Å²) in [6.07, 6.45) is 1.10. The molecule has 2 aromatic carbocycles. The third-order valence-electron chi connectivity index (χ3n) is 3.64. The molecule has 0 saturated carbocycles. The fourth-order valence-electron chi connectivity index (χ4n) is 2.34. The minimum Gasteiger partial charge on any atom is -0.489 e. The molecule has 2 rings (SSSR count). The van der Waals surface area contributed by atoms with Gasteiger partial charge in [0.15, 0.2) is 0 Å². The van der Waals surface area contributed by atoms with E-state index < -0.39 is 0 Å². The van der Waals surface area contributed by atoms with E-state index in [-0.39, 0.29) is 0 Å². The van der Waals surface area contributed by atoms with Crippen molar-refractivity contribution in [2.75, 3.05) is 27.2 Å². The molecular formula is C19H24Cl2N2O. The van der Waals surface area contributed by atoms with E-state index >= 15 is 0 Å². The SMILES string of the molecule is CN(C)CCCNCc1cc(Cl)ccc1OCc1ccccc1Cl. The van der Waals surface area contributed by atoms with Crippen molar-refractivity contribution in [2.24, 2.45) is 0 Å². The number of benzene rings is 2. The fourth-order valence-corrected chi connectivity index (χ4v) is 2.73. The Labute approximate surface area is 154 Å². The zero-order chi connectivity index (χ0) is 17.4. The Bertz CT molecular complexity index is 647. The van der Waals surface area contributed by atoms with E-state index in [0.29, 0.717) is 11.6 Å². The van der Waals surface area contributed by atoms with Gasteiger partial charge in [0.25, 0.3) is 0 Å². The normalized spacial score (nSPS) is 11.0. The van der Waals surface area contributed by atoms with Crippen LogP contribution in [0, 0.1) is 0 Å². The average Bonchev–Trinajstić information content (AvgIpc) is 2.55. The molecule has 0 atom stereocenters. The first-order valence-corrected chi connectivity index (χ1v) is 8.82. The summed E-state index contributed by atoms with van der Waals surface area (Å²) in [4.78, 5) is 2.18. The Hall–Kier alpha value is -1.26. The Morgan fingerprint density at radius 1 is 1.04 bits per heavy atom. The van der Waals surface area contributed by atoms with Crippen LogP contribution in [0.25, 0.3) is 0 Å². The molecule has 0 aromatic heterocycles. The van der Waals surface area contributed by atoms with E-state index in [0.717, 1.165) is 48.0 Å². The van der Waals surface area contributed by atoms with Gasteiger partial charge in [0.2, 0.25) is 0 Å². The summed E-state index contributed by atoms with van der Waals surface area (Å²) in [6, 6.07) is 13.4. The minimum absolute atomic E-state index is 0.439. The summed E-state index contributed by atoms with van der Waals surface area (Å²) in [6.45, 7) is 3.19. The second-order valence-corrected chi connectivity index (χ2v) is 6.81. The van der Waals surface area contributed by atoms with Crippen molar-refractivity contribution in [1.82, 2.24) is 10.2 Å². The first kappa shape index (κ1) is 19.1. The average molecular weight is 367 g/mol. The molecule has 0 amide bonds. The van der Waals surface area contributed by atoms with Crippen LogP contribution >= 0.6 is 23.2 Å². The van der Waals surface area contributed by atoms with Gasteiger partial charge >= 0.3 is 0 Å². The zero-order valence-corrected chi connectivity index (χ0v) is 15.7. The van der Waals surface area contributed by atoms with Crippen LogP contribution in [0.15, 0.2) is 42.5 Å². The topological polar surface area (TPSA) is 24.5 Å². The van der Waals surface area contributed by atoms with E-state index in [1.54, 1.807) is 0 Å². The molecule has 0 aliphatic carbocycles. The molecule has 0 bridgehead atoms. The summed E-state index contributed by atoms with van der Waals surface area (Å²) >= 11 is 12.3. The quantitative estimate of drug-likeness (QED) is 0.655. The maximum atomic E-state index is 6.18. The molecule has 2 aromatic rings. The highest BCUT2D eigenvalue weighted by molar-refractivity contribution is 6.31. The molecule has 0 heterocycles. The van der Waals surface area contributed by atoms with Gasteiger partial charge in [-0.15, -0.1) is 0 Å². The predicted octanol–water partition coefficient (Wildman–Crippen LogP) is 4.61. The second kappa shape index (κ2) is 9.90. The number of halogens is 2. The Morgan fingerprint density at radius 3 is 2.58 bits per heavy atom. The van der Waals surface area contributed by atoms with Crippen molar-refractivity contribution in [3.05, 3.63) is 63.6 Å². The van der Waals surface area contributed by atoms with Gasteiger partial charge in [-0.05, 0) is 57.9 Å². The fraction of sp³-hybridized carbons (Fsp3) is 0.368. The highest BCUT2D eigenvalue weighted by atomic mass is 35.5. The van der Waals surface area contributed by atoms with Crippen LogP contribution < -0.4 is 10.1 Å². The molecule has 0 spiro atoms. The van der Waals surface area contributed by atoms with Gasteiger partial charge in [0.1, 0.15) is 12.4 Å². The smallest absolute Gasteiger partial charge is 0.124 e. The standard InChI is InChI=1S/C19H24Cl2N2O/c1-23(2)11-5-10-22-13-16-12-17(20)8-9-19(16)24-14-15-6-3-4-7-18(15)21/h3-4,6-9,12,22H,5,10-11,13-14H2,1-2H3. The van der Waals surface area contributed by atoms with Crippen molar-refractivity contribution in [2.45, 2.75) is 19.6 Å². The van der Waals surface area contributed by atoms with Crippen LogP contribution in [0.4, 0.5) is 0 Å². The van der Waals surface area contributed by atoms with E-state index in [2.05, 4.69) is 24.3 Å². The van der Waals surface area contributed by atoms with E-state index in [1.165, 1.54) is 0 Å². The van der Waals surface area contributed by atoms with Gasteiger partial charge in [0, 0.05) is 27.7 Å². The third kappa shape index (κ3) is 6.33. The van der Waals surface area contributed by atoms with Gasteiger partial charge in [0.05, 0.1) is 0 Å². The lowest BCUT2D eigenvalue weighted by Crippen LogP contribution is -2.21. The summed E-state index contributed by atoms with van der Waals surface area (Å²) in [7, 11) is 4.16. The van der Waals surface area contributed by atoms with Crippen LogP contribution in [-0.2, 0) is 13.2 Å². The lowest BCUT2D eigenvalue weighted by atomic mass is 10.2. The molecule has 3 nitrogen and oxygen atoms in total. The molecule has 0 saturated heterocycles. The predicted molar refractivity (Wildman–Crippen MR) is 102 cm³/mol. The number of nitrogens with zero attached hydrogens (tertiary/aromatic N) is 1. The number of ether oxygens (including phenoxy) is 1. The molecule has 130 valence electrons. The van der Waals surface area contributed by atoms with Crippen molar-refractivity contribution in [3.8, 4) is 5.75 Å². The summed E-state index contributed by atoms with van der Waals surface area (Å²) in [5.41, 5.74) is 2.03. The van der Waals surface area contributed by atoms with Gasteiger partial charge in [-0.3, -0.25) is 0 Å². The maximum absolute atomic E-state index is 6.18. The van der Waals surface area contributed by atoms with Crippen LogP contribution in [0.1, 0.15) is 17.5 Å². The molecule has 5 heteroatoms. The van der Waals surface area contributed by atoms with Crippen LogP contribution in [-0.4, -0.2) is 32.1 Å². The number of rotatable bonds is 9. The molecule has 1 N–H and O–H groups in total. The second-order valence-electron chi connectivity index (χ2n) is 5.97. The monoisotopic (exact) mass is 366 g/mol. The first-order chi connectivity index (χ1) is 11.6. The first-order valence-electron chi connectivity index (χ1n) is 8.06. The summed E-state index contributed by atoms with van der Waals surface area (Å²) in [5, 5.41) is 4.87. The highest BCUT2D eigenvalue weighted by Gasteiger charge is 2.07. The molecule has 0 fully saturated rings. The number of nitrogens with one attached hydrogen (secondary N) is 1. The minimum atomic E-state index is 0.439. The molecule has 0 aliphatic heterocycles. The molecule has 0 unspecified atom stereocenters. The van der Waals surface area contributed by atoms with Crippen LogP contribution in [0.3, 0.4) is 0 Å². The Balaban J connectivity index is 1.93. The molecular weight excluding hydrogens is 343 g/mol. The molecule has 24 heavy (non-hydrogen) atoms. The third-order valence-corrected chi connectivity index (χ3v) is 4.24. The van der Waals surface area contributed by atoms with E-state index in [1.807, 2.05) is 42.5 Å². The van der Waals surface area contributed by atoms with E-state index in [9.17, 15) is 0 Å².